The van der Waals surface area contributed by atoms with E-state index < -0.39 is 5.97 Å². The molecule has 0 heterocycles. The van der Waals surface area contributed by atoms with Gasteiger partial charge in [0.05, 0.1) is 0 Å². The van der Waals surface area contributed by atoms with Gasteiger partial charge in [-0.05, 0) is 47.8 Å². The topological polar surface area (TPSA) is 37.3 Å². The lowest BCUT2D eigenvalue weighted by Crippen LogP contribution is -2.51. The van der Waals surface area contributed by atoms with E-state index in [2.05, 4.69) is 27.7 Å². The Hall–Kier alpha value is -0.530. The molecular formula is C16H28O2. The first-order valence-electron chi connectivity index (χ1n) is 7.49. The zero-order valence-electron chi connectivity index (χ0n) is 12.3. The predicted molar refractivity (Wildman–Crippen MR) is 73.4 cm³/mol. The maximum atomic E-state index is 11.2. The Labute approximate surface area is 111 Å². The number of rotatable bonds is 2. The third-order valence-corrected chi connectivity index (χ3v) is 6.12. The molecule has 1 unspecified atom stereocenters. The fourth-order valence-electron chi connectivity index (χ4n) is 5.23. The smallest absolute Gasteiger partial charge is 0.303 e. The third-order valence-electron chi connectivity index (χ3n) is 6.12. The zero-order valence-corrected chi connectivity index (χ0v) is 12.3. The molecular weight excluding hydrogens is 224 g/mol. The maximum Gasteiger partial charge on any atom is 0.303 e. The van der Waals surface area contributed by atoms with E-state index in [0.29, 0.717) is 29.6 Å². The van der Waals surface area contributed by atoms with Crippen molar-refractivity contribution in [3.8, 4) is 0 Å². The molecule has 2 rings (SSSR count). The van der Waals surface area contributed by atoms with E-state index in [-0.39, 0.29) is 5.41 Å². The third kappa shape index (κ3) is 2.19. The summed E-state index contributed by atoms with van der Waals surface area (Å²) >= 11 is 0. The second-order valence-electron chi connectivity index (χ2n) is 7.66. The number of carboxylic acids is 1. The Morgan fingerprint density at radius 3 is 2.50 bits per heavy atom. The van der Waals surface area contributed by atoms with Gasteiger partial charge >= 0.3 is 5.97 Å². The number of fused-ring (bicyclic) bond motifs is 1. The molecule has 104 valence electrons. The molecule has 2 nitrogen and oxygen atoms in total. The fraction of sp³-hybridized carbons (Fsp3) is 0.938. The first-order chi connectivity index (χ1) is 8.27. The summed E-state index contributed by atoms with van der Waals surface area (Å²) in [6.45, 7) is 9.42. The van der Waals surface area contributed by atoms with Crippen LogP contribution in [0.1, 0.15) is 66.2 Å². The summed E-state index contributed by atoms with van der Waals surface area (Å²) in [4.78, 5) is 11.2. The summed E-state index contributed by atoms with van der Waals surface area (Å²) in [5, 5.41) is 9.22. The van der Waals surface area contributed by atoms with Crippen LogP contribution < -0.4 is 0 Å². The van der Waals surface area contributed by atoms with Crippen LogP contribution in [-0.2, 0) is 4.79 Å². The van der Waals surface area contributed by atoms with Gasteiger partial charge in [-0.2, -0.15) is 0 Å². The first kappa shape index (κ1) is 13.9. The highest BCUT2D eigenvalue weighted by Gasteiger charge is 2.53. The molecule has 0 bridgehead atoms. The zero-order chi connectivity index (χ0) is 13.6. The van der Waals surface area contributed by atoms with Gasteiger partial charge in [0.15, 0.2) is 0 Å². The molecule has 0 radical (unpaired) electrons. The summed E-state index contributed by atoms with van der Waals surface area (Å²) in [5.74, 6) is 1.03. The Bertz CT molecular complexity index is 334. The minimum atomic E-state index is -0.614. The van der Waals surface area contributed by atoms with Crippen molar-refractivity contribution in [2.75, 3.05) is 0 Å². The highest BCUT2D eigenvalue weighted by molar-refractivity contribution is 5.67. The van der Waals surface area contributed by atoms with Crippen LogP contribution in [0.2, 0.25) is 0 Å². The van der Waals surface area contributed by atoms with Crippen LogP contribution in [0.5, 0.6) is 0 Å². The monoisotopic (exact) mass is 252 g/mol. The quantitative estimate of drug-likeness (QED) is 0.793. The number of hydrogen-bond donors (Lipinski definition) is 1. The normalized spacial score (nSPS) is 43.2. The van der Waals surface area contributed by atoms with Gasteiger partial charge in [-0.1, -0.05) is 40.5 Å². The SMILES string of the molecule is C[C@H]1CCC2C(C)(C)CCC[C@]2(C)[C@H]1CC(=O)O. The molecule has 4 atom stereocenters. The molecule has 0 aromatic heterocycles. The molecule has 0 amide bonds. The second kappa shape index (κ2) is 4.54. The van der Waals surface area contributed by atoms with Crippen molar-refractivity contribution in [1.82, 2.24) is 0 Å². The van der Waals surface area contributed by atoms with E-state index in [0.717, 1.165) is 0 Å². The molecule has 18 heavy (non-hydrogen) atoms. The van der Waals surface area contributed by atoms with Gasteiger partial charge in [-0.3, -0.25) is 4.79 Å². The molecule has 0 aliphatic heterocycles. The summed E-state index contributed by atoms with van der Waals surface area (Å²) in [6.07, 6.45) is 6.67. The summed E-state index contributed by atoms with van der Waals surface area (Å²) in [7, 11) is 0. The van der Waals surface area contributed by atoms with E-state index >= 15 is 0 Å². The van der Waals surface area contributed by atoms with Crippen molar-refractivity contribution in [2.45, 2.75) is 66.2 Å². The van der Waals surface area contributed by atoms with Gasteiger partial charge in [-0.25, -0.2) is 0 Å². The van der Waals surface area contributed by atoms with Gasteiger partial charge in [0.25, 0.3) is 0 Å². The standard InChI is InChI=1S/C16H28O2/c1-11-6-7-13-15(2,3)8-5-9-16(13,4)12(11)10-14(17)18/h11-13H,5-10H2,1-4H3,(H,17,18)/t11-,12-,13?,16+/m0/s1. The van der Waals surface area contributed by atoms with Gasteiger partial charge < -0.3 is 5.11 Å². The second-order valence-corrected chi connectivity index (χ2v) is 7.66. The number of carboxylic acid groups (broad SMARTS) is 1. The van der Waals surface area contributed by atoms with E-state index in [1.807, 2.05) is 0 Å². The summed E-state index contributed by atoms with van der Waals surface area (Å²) in [6, 6.07) is 0. The lowest BCUT2D eigenvalue weighted by molar-refractivity contribution is -0.146. The molecule has 0 saturated heterocycles. The van der Waals surface area contributed by atoms with Crippen molar-refractivity contribution in [2.24, 2.45) is 28.6 Å². The molecule has 2 saturated carbocycles. The molecule has 0 spiro atoms. The molecule has 0 aromatic rings. The molecule has 2 aliphatic rings. The van der Waals surface area contributed by atoms with Crippen LogP contribution in [0, 0.1) is 28.6 Å². The Morgan fingerprint density at radius 1 is 1.22 bits per heavy atom. The van der Waals surface area contributed by atoms with Crippen LogP contribution in [0.25, 0.3) is 0 Å². The van der Waals surface area contributed by atoms with Crippen molar-refractivity contribution in [3.63, 3.8) is 0 Å². The summed E-state index contributed by atoms with van der Waals surface area (Å²) < 4.78 is 0. The number of carbonyl (C=O) groups is 1. The highest BCUT2D eigenvalue weighted by Crippen LogP contribution is 2.61. The average Bonchev–Trinajstić information content (AvgIpc) is 2.22. The van der Waals surface area contributed by atoms with Crippen molar-refractivity contribution >= 4 is 5.97 Å². The van der Waals surface area contributed by atoms with Crippen LogP contribution in [0.3, 0.4) is 0 Å². The van der Waals surface area contributed by atoms with Gasteiger partial charge in [-0.15, -0.1) is 0 Å². The van der Waals surface area contributed by atoms with Crippen LogP contribution >= 0.6 is 0 Å². The minimum Gasteiger partial charge on any atom is -0.481 e. The Balaban J connectivity index is 2.30. The van der Waals surface area contributed by atoms with Crippen molar-refractivity contribution in [3.05, 3.63) is 0 Å². The van der Waals surface area contributed by atoms with Crippen LogP contribution in [-0.4, -0.2) is 11.1 Å². The van der Waals surface area contributed by atoms with E-state index in [4.69, 9.17) is 0 Å². The van der Waals surface area contributed by atoms with Crippen molar-refractivity contribution < 1.29 is 9.90 Å². The lowest BCUT2D eigenvalue weighted by atomic mass is 9.46. The van der Waals surface area contributed by atoms with Crippen molar-refractivity contribution in [1.29, 1.82) is 0 Å². The lowest BCUT2D eigenvalue weighted by Gasteiger charge is -2.59. The molecule has 2 heteroatoms. The first-order valence-corrected chi connectivity index (χ1v) is 7.49. The van der Waals surface area contributed by atoms with Gasteiger partial charge in [0.1, 0.15) is 0 Å². The fourth-order valence-corrected chi connectivity index (χ4v) is 5.23. The highest BCUT2D eigenvalue weighted by atomic mass is 16.4. The van der Waals surface area contributed by atoms with E-state index in [1.54, 1.807) is 0 Å². The van der Waals surface area contributed by atoms with Crippen LogP contribution in [0.4, 0.5) is 0 Å². The summed E-state index contributed by atoms with van der Waals surface area (Å²) in [5.41, 5.74) is 0.641. The molecule has 1 N–H and O–H groups in total. The molecule has 2 fully saturated rings. The Morgan fingerprint density at radius 2 is 1.89 bits per heavy atom. The van der Waals surface area contributed by atoms with Crippen LogP contribution in [0.15, 0.2) is 0 Å². The van der Waals surface area contributed by atoms with E-state index in [1.165, 1.54) is 32.1 Å². The number of hydrogen-bond acceptors (Lipinski definition) is 1. The largest absolute Gasteiger partial charge is 0.481 e. The number of aliphatic carboxylic acids is 1. The molecule has 0 aromatic carbocycles. The van der Waals surface area contributed by atoms with Gasteiger partial charge in [0.2, 0.25) is 0 Å². The maximum absolute atomic E-state index is 11.2. The average molecular weight is 252 g/mol. The van der Waals surface area contributed by atoms with Gasteiger partial charge in [0, 0.05) is 6.42 Å². The molecule has 2 aliphatic carbocycles. The predicted octanol–water partition coefficient (Wildman–Crippen LogP) is 4.34. The Kier molecular flexibility index (Phi) is 3.50. The van der Waals surface area contributed by atoms with E-state index in [9.17, 15) is 9.90 Å². The minimum absolute atomic E-state index is 0.248.